The Bertz CT molecular complexity index is 628. The lowest BCUT2D eigenvalue weighted by Gasteiger charge is -2.42. The van der Waals surface area contributed by atoms with Gasteiger partial charge in [0.25, 0.3) is 0 Å². The molecule has 1 amide bonds. The number of nitrogens with zero attached hydrogens (tertiary/aromatic N) is 1. The normalized spacial score (nSPS) is 22.5. The van der Waals surface area contributed by atoms with E-state index in [1.165, 1.54) is 5.56 Å². The Labute approximate surface area is 143 Å². The summed E-state index contributed by atoms with van der Waals surface area (Å²) in [4.78, 5) is 14.0. The van der Waals surface area contributed by atoms with Crippen molar-refractivity contribution in [3.63, 3.8) is 0 Å². The van der Waals surface area contributed by atoms with Gasteiger partial charge in [-0.2, -0.15) is 0 Å². The van der Waals surface area contributed by atoms with E-state index < -0.39 is 5.60 Å². The third-order valence-electron chi connectivity index (χ3n) is 5.34. The second kappa shape index (κ2) is 6.05. The van der Waals surface area contributed by atoms with Crippen molar-refractivity contribution in [2.45, 2.75) is 58.3 Å². The number of carbonyl (C=O) groups is 1. The minimum absolute atomic E-state index is 0.0227. The van der Waals surface area contributed by atoms with Crippen LogP contribution in [-0.4, -0.2) is 34.8 Å². The molecule has 5 nitrogen and oxygen atoms in total. The summed E-state index contributed by atoms with van der Waals surface area (Å²) in [6.07, 6.45) is 2.49. The number of aliphatic hydroxyl groups excluding tert-OH is 1. The molecule has 1 heterocycles. The van der Waals surface area contributed by atoms with Crippen LogP contribution in [0.4, 0.5) is 4.79 Å². The maximum Gasteiger partial charge on any atom is 0.410 e. The molecule has 0 saturated carbocycles. The van der Waals surface area contributed by atoms with Crippen molar-refractivity contribution in [3.05, 3.63) is 34.9 Å². The monoisotopic (exact) mass is 332 g/mol. The van der Waals surface area contributed by atoms with E-state index in [-0.39, 0.29) is 24.2 Å². The van der Waals surface area contributed by atoms with Crippen LogP contribution in [0.2, 0.25) is 0 Å². The summed E-state index contributed by atoms with van der Waals surface area (Å²) >= 11 is 0. The number of rotatable bonds is 1. The SMILES string of the molecule is CC(C)(C)OC(=O)N1CCC2(CC1)Cc1ccc(CO)cc1C2N. The molecule has 2 aliphatic rings. The Balaban J connectivity index is 1.69. The number of piperidine rings is 1. The van der Waals surface area contributed by atoms with Crippen molar-refractivity contribution in [3.8, 4) is 0 Å². The van der Waals surface area contributed by atoms with Gasteiger partial charge in [-0.1, -0.05) is 18.2 Å². The third kappa shape index (κ3) is 3.15. The number of fused-ring (bicyclic) bond motifs is 1. The van der Waals surface area contributed by atoms with Gasteiger partial charge in [-0.25, -0.2) is 4.79 Å². The minimum Gasteiger partial charge on any atom is -0.444 e. The van der Waals surface area contributed by atoms with Gasteiger partial charge in [0, 0.05) is 19.1 Å². The number of ether oxygens (including phenoxy) is 1. The van der Waals surface area contributed by atoms with Crippen molar-refractivity contribution in [2.24, 2.45) is 11.1 Å². The minimum atomic E-state index is -0.465. The van der Waals surface area contributed by atoms with E-state index in [9.17, 15) is 9.90 Å². The molecule has 1 aliphatic carbocycles. The Kier molecular flexibility index (Phi) is 4.34. The number of benzene rings is 1. The van der Waals surface area contributed by atoms with Crippen LogP contribution in [0.15, 0.2) is 18.2 Å². The molecular formula is C19H28N2O3. The van der Waals surface area contributed by atoms with Gasteiger partial charge in [-0.05, 0) is 62.1 Å². The van der Waals surface area contributed by atoms with Gasteiger partial charge in [-0.15, -0.1) is 0 Å². The maximum absolute atomic E-state index is 12.2. The first-order valence-electron chi connectivity index (χ1n) is 8.70. The molecule has 132 valence electrons. The zero-order valence-electron chi connectivity index (χ0n) is 14.8. The van der Waals surface area contributed by atoms with E-state index in [4.69, 9.17) is 10.5 Å². The number of hydrogen-bond donors (Lipinski definition) is 2. The number of amides is 1. The highest BCUT2D eigenvalue weighted by Gasteiger charge is 2.46. The predicted molar refractivity (Wildman–Crippen MR) is 92.5 cm³/mol. The number of nitrogens with two attached hydrogens (primary N) is 1. The standard InChI is InChI=1S/C19H28N2O3/c1-18(2,3)24-17(23)21-8-6-19(7-9-21)11-14-5-4-13(12-22)10-15(14)16(19)20/h4-5,10,16,22H,6-9,11-12,20H2,1-3H3. The Morgan fingerprint density at radius 2 is 2.04 bits per heavy atom. The molecule has 1 saturated heterocycles. The molecule has 0 radical (unpaired) electrons. The molecule has 1 unspecified atom stereocenters. The van der Waals surface area contributed by atoms with Crippen molar-refractivity contribution in [1.82, 2.24) is 4.90 Å². The molecule has 24 heavy (non-hydrogen) atoms. The molecule has 3 N–H and O–H groups in total. The molecule has 3 rings (SSSR count). The summed E-state index contributed by atoms with van der Waals surface area (Å²) in [5.74, 6) is 0. The van der Waals surface area contributed by atoms with Crippen LogP contribution in [0.5, 0.6) is 0 Å². The fourth-order valence-corrected chi connectivity index (χ4v) is 3.96. The maximum atomic E-state index is 12.2. The molecular weight excluding hydrogens is 304 g/mol. The van der Waals surface area contributed by atoms with Gasteiger partial charge in [-0.3, -0.25) is 0 Å². The summed E-state index contributed by atoms with van der Waals surface area (Å²) in [5.41, 5.74) is 9.50. The van der Waals surface area contributed by atoms with Crippen molar-refractivity contribution < 1.29 is 14.6 Å². The first-order valence-corrected chi connectivity index (χ1v) is 8.70. The van der Waals surface area contributed by atoms with Crippen LogP contribution in [-0.2, 0) is 17.8 Å². The Morgan fingerprint density at radius 1 is 1.38 bits per heavy atom. The van der Waals surface area contributed by atoms with Crippen LogP contribution in [0, 0.1) is 5.41 Å². The Morgan fingerprint density at radius 3 is 2.62 bits per heavy atom. The molecule has 1 atom stereocenters. The highest BCUT2D eigenvalue weighted by Crippen LogP contribution is 2.50. The van der Waals surface area contributed by atoms with Gasteiger partial charge in [0.2, 0.25) is 0 Å². The zero-order valence-corrected chi connectivity index (χ0v) is 14.8. The summed E-state index contributed by atoms with van der Waals surface area (Å²) in [7, 11) is 0. The van der Waals surface area contributed by atoms with Gasteiger partial charge in [0.05, 0.1) is 6.61 Å². The fraction of sp³-hybridized carbons (Fsp3) is 0.632. The molecule has 1 fully saturated rings. The molecule has 5 heteroatoms. The number of aliphatic hydroxyl groups is 1. The lowest BCUT2D eigenvalue weighted by molar-refractivity contribution is 0.00797. The Hall–Kier alpha value is -1.59. The van der Waals surface area contributed by atoms with E-state index in [1.807, 2.05) is 32.9 Å². The van der Waals surface area contributed by atoms with E-state index in [0.29, 0.717) is 13.1 Å². The highest BCUT2D eigenvalue weighted by molar-refractivity contribution is 5.68. The molecule has 0 aromatic heterocycles. The summed E-state index contributed by atoms with van der Waals surface area (Å²) in [5, 5.41) is 9.35. The second-order valence-corrected chi connectivity index (χ2v) is 8.18. The van der Waals surface area contributed by atoms with E-state index in [2.05, 4.69) is 6.07 Å². The van der Waals surface area contributed by atoms with Crippen molar-refractivity contribution >= 4 is 6.09 Å². The first-order chi connectivity index (χ1) is 11.2. The number of likely N-dealkylation sites (tertiary alicyclic amines) is 1. The molecule has 1 aliphatic heterocycles. The smallest absolute Gasteiger partial charge is 0.410 e. The average molecular weight is 332 g/mol. The fourth-order valence-electron chi connectivity index (χ4n) is 3.96. The number of hydrogen-bond acceptors (Lipinski definition) is 4. The topological polar surface area (TPSA) is 75.8 Å². The lowest BCUT2D eigenvalue weighted by Crippen LogP contribution is -2.47. The second-order valence-electron chi connectivity index (χ2n) is 8.18. The van der Waals surface area contributed by atoms with Crippen LogP contribution in [0.25, 0.3) is 0 Å². The van der Waals surface area contributed by atoms with E-state index >= 15 is 0 Å². The van der Waals surface area contributed by atoms with Gasteiger partial charge >= 0.3 is 6.09 Å². The van der Waals surface area contributed by atoms with Crippen LogP contribution in [0.3, 0.4) is 0 Å². The van der Waals surface area contributed by atoms with Gasteiger partial charge in [0.1, 0.15) is 5.60 Å². The summed E-state index contributed by atoms with van der Waals surface area (Å²) in [6.45, 7) is 7.07. The zero-order chi connectivity index (χ0) is 17.5. The van der Waals surface area contributed by atoms with Gasteiger partial charge < -0.3 is 20.5 Å². The number of carbonyl (C=O) groups excluding carboxylic acids is 1. The average Bonchev–Trinajstić information content (AvgIpc) is 2.78. The molecule has 1 aromatic rings. The van der Waals surface area contributed by atoms with E-state index in [0.717, 1.165) is 30.4 Å². The predicted octanol–water partition coefficient (Wildman–Crippen LogP) is 2.75. The lowest BCUT2D eigenvalue weighted by atomic mass is 9.73. The molecule has 1 aromatic carbocycles. The quantitative estimate of drug-likeness (QED) is 0.829. The first kappa shape index (κ1) is 17.2. The third-order valence-corrected chi connectivity index (χ3v) is 5.34. The van der Waals surface area contributed by atoms with Crippen LogP contribution < -0.4 is 5.73 Å². The van der Waals surface area contributed by atoms with Gasteiger partial charge in [0.15, 0.2) is 0 Å². The highest BCUT2D eigenvalue weighted by atomic mass is 16.6. The van der Waals surface area contributed by atoms with Crippen molar-refractivity contribution in [2.75, 3.05) is 13.1 Å². The molecule has 0 bridgehead atoms. The summed E-state index contributed by atoms with van der Waals surface area (Å²) < 4.78 is 5.48. The van der Waals surface area contributed by atoms with Crippen LogP contribution in [0.1, 0.15) is 56.3 Å². The summed E-state index contributed by atoms with van der Waals surface area (Å²) in [6, 6.07) is 6.07. The van der Waals surface area contributed by atoms with E-state index in [1.54, 1.807) is 4.90 Å². The van der Waals surface area contributed by atoms with Crippen LogP contribution >= 0.6 is 0 Å². The largest absolute Gasteiger partial charge is 0.444 e. The van der Waals surface area contributed by atoms with Crippen molar-refractivity contribution in [1.29, 1.82) is 0 Å². The molecule has 1 spiro atoms.